The molecule has 0 saturated heterocycles. The molecule has 3 aromatic carbocycles. The Morgan fingerprint density at radius 2 is 1.67 bits per heavy atom. The largest absolute Gasteiger partial charge is 0.313 e. The minimum Gasteiger partial charge on any atom is -0.313 e. The third-order valence-corrected chi connectivity index (χ3v) is 5.85. The van der Waals surface area contributed by atoms with Crippen molar-refractivity contribution in [2.75, 3.05) is 4.90 Å². The van der Waals surface area contributed by atoms with Crippen molar-refractivity contribution in [3.05, 3.63) is 96.7 Å². The van der Waals surface area contributed by atoms with E-state index >= 15 is 0 Å². The summed E-state index contributed by atoms with van der Waals surface area (Å²) in [5, 5.41) is 2.65. The molecule has 0 N–H and O–H groups in total. The van der Waals surface area contributed by atoms with Crippen LogP contribution in [0, 0.1) is 0 Å². The molecular weight excluding hydrogens is 326 g/mol. The second kappa shape index (κ2) is 5.72. The fourth-order valence-corrected chi connectivity index (χ4v) is 4.70. The number of allylic oxidation sites excluding steroid dienone is 5. The van der Waals surface area contributed by atoms with E-state index in [4.69, 9.17) is 0 Å². The predicted molar refractivity (Wildman–Crippen MR) is 117 cm³/mol. The highest BCUT2D eigenvalue weighted by Gasteiger charge is 2.39. The minimum absolute atomic E-state index is 0.0931. The quantitative estimate of drug-likeness (QED) is 0.440. The van der Waals surface area contributed by atoms with Gasteiger partial charge in [-0.05, 0) is 40.5 Å². The third-order valence-electron chi connectivity index (χ3n) is 5.85. The zero-order chi connectivity index (χ0) is 18.6. The van der Waals surface area contributed by atoms with Crippen LogP contribution in [-0.4, -0.2) is 0 Å². The molecule has 5 rings (SSSR count). The van der Waals surface area contributed by atoms with Gasteiger partial charge in [-0.2, -0.15) is 0 Å². The van der Waals surface area contributed by atoms with Crippen molar-refractivity contribution in [3.63, 3.8) is 0 Å². The molecule has 0 bridgehead atoms. The summed E-state index contributed by atoms with van der Waals surface area (Å²) < 4.78 is 0. The molecule has 0 unspecified atom stereocenters. The van der Waals surface area contributed by atoms with Crippen LogP contribution in [0.2, 0.25) is 0 Å². The Balaban J connectivity index is 1.91. The van der Waals surface area contributed by atoms with E-state index in [0.29, 0.717) is 0 Å². The Bertz CT molecular complexity index is 1140. The lowest BCUT2D eigenvalue weighted by atomic mass is 9.73. The molecule has 0 atom stereocenters. The molecule has 27 heavy (non-hydrogen) atoms. The normalized spacial score (nSPS) is 18.1. The number of para-hydroxylation sites is 1. The second-order valence-corrected chi connectivity index (χ2v) is 8.06. The average Bonchev–Trinajstić information content (AvgIpc) is 2.67. The fourth-order valence-electron chi connectivity index (χ4n) is 4.70. The van der Waals surface area contributed by atoms with E-state index < -0.39 is 0 Å². The van der Waals surface area contributed by atoms with E-state index in [9.17, 15) is 0 Å². The van der Waals surface area contributed by atoms with Gasteiger partial charge in [0.2, 0.25) is 0 Å². The summed E-state index contributed by atoms with van der Waals surface area (Å²) in [5.74, 6) is 0. The van der Waals surface area contributed by atoms with Crippen LogP contribution in [0.25, 0.3) is 21.9 Å². The van der Waals surface area contributed by atoms with Crippen LogP contribution in [0.1, 0.15) is 25.8 Å². The molecule has 1 heteroatoms. The first-order valence-corrected chi connectivity index (χ1v) is 9.56. The Labute approximate surface area is 160 Å². The minimum atomic E-state index is 0.0931. The van der Waals surface area contributed by atoms with Gasteiger partial charge in [0.15, 0.2) is 0 Å². The summed E-state index contributed by atoms with van der Waals surface area (Å²) in [6, 6.07) is 20.1. The highest BCUT2D eigenvalue weighted by atomic mass is 15.2. The Morgan fingerprint density at radius 3 is 2.48 bits per heavy atom. The van der Waals surface area contributed by atoms with Crippen LogP contribution in [0.3, 0.4) is 0 Å². The van der Waals surface area contributed by atoms with Crippen LogP contribution in [0.4, 0.5) is 11.4 Å². The SMILES string of the molecule is C=C/C=C\C=C1/CC(C)(C)c2cccc3c2N1c1cccc2cccc-3c12. The summed E-state index contributed by atoms with van der Waals surface area (Å²) in [5.41, 5.74) is 8.17. The number of fused-ring (bicyclic) bond motifs is 2. The first-order chi connectivity index (χ1) is 13.1. The average molecular weight is 349 g/mol. The molecule has 1 nitrogen and oxygen atoms in total. The van der Waals surface area contributed by atoms with Gasteiger partial charge in [0.05, 0.1) is 11.4 Å². The first-order valence-electron chi connectivity index (χ1n) is 9.56. The lowest BCUT2D eigenvalue weighted by Crippen LogP contribution is -2.34. The lowest BCUT2D eigenvalue weighted by molar-refractivity contribution is 0.501. The van der Waals surface area contributed by atoms with Gasteiger partial charge in [-0.15, -0.1) is 0 Å². The molecular formula is C26H23N. The van der Waals surface area contributed by atoms with Gasteiger partial charge in [-0.1, -0.05) is 87.2 Å². The number of nitrogens with zero attached hydrogens (tertiary/aromatic N) is 1. The Morgan fingerprint density at radius 1 is 0.926 bits per heavy atom. The molecule has 0 saturated carbocycles. The maximum absolute atomic E-state index is 3.80. The zero-order valence-electron chi connectivity index (χ0n) is 15.9. The number of hydrogen-bond acceptors (Lipinski definition) is 1. The molecule has 0 amide bonds. The number of rotatable bonds is 2. The van der Waals surface area contributed by atoms with Gasteiger partial charge >= 0.3 is 0 Å². The topological polar surface area (TPSA) is 3.24 Å². The molecule has 0 aromatic heterocycles. The van der Waals surface area contributed by atoms with Gasteiger partial charge < -0.3 is 4.90 Å². The van der Waals surface area contributed by atoms with E-state index in [1.165, 1.54) is 44.5 Å². The summed E-state index contributed by atoms with van der Waals surface area (Å²) in [6.45, 7) is 8.51. The van der Waals surface area contributed by atoms with Gasteiger partial charge in [0, 0.05) is 16.6 Å². The number of hydrogen-bond donors (Lipinski definition) is 0. The van der Waals surface area contributed by atoms with Gasteiger partial charge in [0.1, 0.15) is 0 Å². The van der Waals surface area contributed by atoms with Crippen molar-refractivity contribution in [2.24, 2.45) is 0 Å². The van der Waals surface area contributed by atoms with Crippen LogP contribution in [0.5, 0.6) is 0 Å². The van der Waals surface area contributed by atoms with Crippen LogP contribution >= 0.6 is 0 Å². The molecule has 0 aliphatic carbocycles. The van der Waals surface area contributed by atoms with Gasteiger partial charge in [-0.25, -0.2) is 0 Å². The summed E-state index contributed by atoms with van der Waals surface area (Å²) >= 11 is 0. The Hall–Kier alpha value is -3.06. The van der Waals surface area contributed by atoms with E-state index in [1.54, 1.807) is 0 Å². The first kappa shape index (κ1) is 16.1. The van der Waals surface area contributed by atoms with Crippen LogP contribution < -0.4 is 4.90 Å². The second-order valence-electron chi connectivity index (χ2n) is 8.06. The molecule has 3 aromatic rings. The van der Waals surface area contributed by atoms with Crippen molar-refractivity contribution >= 4 is 22.1 Å². The molecule has 2 aliphatic heterocycles. The maximum atomic E-state index is 3.80. The molecule has 0 radical (unpaired) electrons. The molecule has 0 spiro atoms. The van der Waals surface area contributed by atoms with Crippen LogP contribution in [0.15, 0.2) is 91.2 Å². The summed E-state index contributed by atoms with van der Waals surface area (Å²) in [6.07, 6.45) is 9.18. The standard InChI is InChI=1S/C26H23N/c1-4-5-6-12-19-17-26(2,3)22-15-9-14-21-20-13-7-10-18-11-8-16-23(24(18)20)27(19)25(21)22/h4-16H,1,17H2,2-3H3/b6-5-,19-12+. The van der Waals surface area contributed by atoms with E-state index in [1.807, 2.05) is 12.2 Å². The fraction of sp³-hybridized carbons (Fsp3) is 0.154. The van der Waals surface area contributed by atoms with E-state index in [0.717, 1.165) is 6.42 Å². The number of benzene rings is 3. The molecule has 132 valence electrons. The summed E-state index contributed by atoms with van der Waals surface area (Å²) in [7, 11) is 0. The van der Waals surface area contributed by atoms with Crippen molar-refractivity contribution in [1.82, 2.24) is 0 Å². The van der Waals surface area contributed by atoms with Crippen molar-refractivity contribution < 1.29 is 0 Å². The van der Waals surface area contributed by atoms with Crippen molar-refractivity contribution in [2.45, 2.75) is 25.7 Å². The Kier molecular flexibility index (Phi) is 3.42. The third kappa shape index (κ3) is 2.24. The predicted octanol–water partition coefficient (Wildman–Crippen LogP) is 7.27. The van der Waals surface area contributed by atoms with Crippen LogP contribution in [-0.2, 0) is 5.41 Å². The highest BCUT2D eigenvalue weighted by Crippen LogP contribution is 2.56. The van der Waals surface area contributed by atoms with E-state index in [2.05, 4.69) is 92.1 Å². The summed E-state index contributed by atoms with van der Waals surface area (Å²) in [4.78, 5) is 2.48. The molecule has 0 fully saturated rings. The highest BCUT2D eigenvalue weighted by molar-refractivity contribution is 6.13. The van der Waals surface area contributed by atoms with E-state index in [-0.39, 0.29) is 5.41 Å². The zero-order valence-corrected chi connectivity index (χ0v) is 15.9. The lowest BCUT2D eigenvalue weighted by Gasteiger charge is -2.45. The smallest absolute Gasteiger partial charge is 0.0574 e. The maximum Gasteiger partial charge on any atom is 0.0574 e. The number of anilines is 2. The monoisotopic (exact) mass is 349 g/mol. The molecule has 2 heterocycles. The van der Waals surface area contributed by atoms with Crippen molar-refractivity contribution in [3.8, 4) is 11.1 Å². The molecule has 2 aliphatic rings. The van der Waals surface area contributed by atoms with Gasteiger partial charge in [0.25, 0.3) is 0 Å². The van der Waals surface area contributed by atoms with Crippen molar-refractivity contribution in [1.29, 1.82) is 0 Å². The van der Waals surface area contributed by atoms with Gasteiger partial charge in [-0.3, -0.25) is 0 Å².